The van der Waals surface area contributed by atoms with Crippen LogP contribution in [0.3, 0.4) is 0 Å². The number of carbonyl (C=O) groups is 1. The number of rotatable bonds is 2. The van der Waals surface area contributed by atoms with E-state index >= 15 is 0 Å². The van der Waals surface area contributed by atoms with Crippen LogP contribution in [0.15, 0.2) is 73.1 Å². The van der Waals surface area contributed by atoms with E-state index in [4.69, 9.17) is 11.5 Å². The zero-order chi connectivity index (χ0) is 16.1. The number of hydrogen-bond donors (Lipinski definition) is 4. The highest BCUT2D eigenvalue weighted by atomic mass is 16.1. The predicted octanol–water partition coefficient (Wildman–Crippen LogP) is 1.78. The molecule has 0 radical (unpaired) electrons. The van der Waals surface area contributed by atoms with Crippen LogP contribution in [0.5, 0.6) is 0 Å². The molecule has 0 saturated heterocycles. The summed E-state index contributed by atoms with van der Waals surface area (Å²) in [5, 5.41) is 8.74. The number of carbonyl (C=O) groups excluding carboxylic acids is 1. The van der Waals surface area contributed by atoms with Crippen molar-refractivity contribution < 1.29 is 4.79 Å². The molecule has 1 amide bonds. The van der Waals surface area contributed by atoms with Gasteiger partial charge in [0.05, 0.1) is 5.66 Å². The van der Waals surface area contributed by atoms with Gasteiger partial charge < -0.3 is 16.8 Å². The van der Waals surface area contributed by atoms with E-state index in [1.54, 1.807) is 18.5 Å². The fraction of sp³-hybridized carbons (Fsp3) is 0.125. The molecule has 0 aliphatic heterocycles. The summed E-state index contributed by atoms with van der Waals surface area (Å²) in [7, 11) is 0. The van der Waals surface area contributed by atoms with Crippen LogP contribution in [-0.2, 0) is 4.79 Å². The van der Waals surface area contributed by atoms with Gasteiger partial charge in [0, 0.05) is 24.5 Å². The van der Waals surface area contributed by atoms with Gasteiger partial charge in [0.25, 0.3) is 0 Å². The summed E-state index contributed by atoms with van der Waals surface area (Å²) >= 11 is 0. The lowest BCUT2D eigenvalue weighted by atomic mass is 10.0. The number of hydrogen-bond acceptors (Lipinski definition) is 4. The Balaban J connectivity index is 0.000000171. The van der Waals surface area contributed by atoms with Gasteiger partial charge in [-0.2, -0.15) is 5.10 Å². The molecule has 1 aromatic carbocycles. The van der Waals surface area contributed by atoms with E-state index in [0.717, 1.165) is 12.1 Å². The van der Waals surface area contributed by atoms with Crippen molar-refractivity contribution >= 4 is 12.1 Å². The van der Waals surface area contributed by atoms with Crippen molar-refractivity contribution in [2.24, 2.45) is 11.5 Å². The van der Waals surface area contributed by atoms with Gasteiger partial charge in [-0.1, -0.05) is 42.5 Å². The van der Waals surface area contributed by atoms with E-state index in [1.807, 2.05) is 54.6 Å². The molecule has 0 spiro atoms. The number of anilines is 1. The van der Waals surface area contributed by atoms with E-state index in [1.165, 1.54) is 0 Å². The number of benzene rings is 1. The van der Waals surface area contributed by atoms with Crippen LogP contribution in [0.1, 0.15) is 6.42 Å². The second-order valence-electron chi connectivity index (χ2n) is 4.50. The molecule has 116 valence electrons. The maximum absolute atomic E-state index is 9.86. The minimum absolute atomic E-state index is 0.589. The highest BCUT2D eigenvalue weighted by molar-refractivity contribution is 5.70. The molecule has 1 aliphatic rings. The zero-order valence-electron chi connectivity index (χ0n) is 12.2. The van der Waals surface area contributed by atoms with Crippen LogP contribution in [0, 0.1) is 0 Å². The second kappa shape index (κ2) is 10.1. The van der Waals surface area contributed by atoms with E-state index < -0.39 is 5.66 Å². The number of para-hydroxylation sites is 1. The lowest BCUT2D eigenvalue weighted by Crippen LogP contribution is -2.47. The quantitative estimate of drug-likeness (QED) is 0.500. The molecule has 6 heteroatoms. The number of allylic oxidation sites excluding steroid dienone is 2. The standard InChI is InChI=1S/C7H7NO.C6H10N2.C3H4N2/c9-6-8-7-4-2-1-3-5-7;7-6(8)4-2-1-3-5-6;1-2-4-5-3-1/h1-6H,(H,8,9);1-4H,5,7-8H2;1-3H,(H,4,5). The zero-order valence-corrected chi connectivity index (χ0v) is 12.2. The highest BCUT2D eigenvalue weighted by Gasteiger charge is 2.12. The van der Waals surface area contributed by atoms with Gasteiger partial charge in [0.2, 0.25) is 6.41 Å². The molecule has 1 heterocycles. The minimum atomic E-state index is -0.589. The number of amides is 1. The van der Waals surface area contributed by atoms with E-state index in [9.17, 15) is 4.79 Å². The number of aromatic nitrogens is 2. The van der Waals surface area contributed by atoms with Crippen molar-refractivity contribution in [3.05, 3.63) is 73.1 Å². The first-order valence-corrected chi connectivity index (χ1v) is 6.75. The van der Waals surface area contributed by atoms with Crippen molar-refractivity contribution in [3.63, 3.8) is 0 Å². The summed E-state index contributed by atoms with van der Waals surface area (Å²) in [5.74, 6) is 0. The highest BCUT2D eigenvalue weighted by Crippen LogP contribution is 2.06. The maximum atomic E-state index is 9.86. The van der Waals surface area contributed by atoms with Crippen molar-refractivity contribution in [2.45, 2.75) is 12.1 Å². The van der Waals surface area contributed by atoms with E-state index in [2.05, 4.69) is 15.5 Å². The minimum Gasteiger partial charge on any atom is -0.329 e. The lowest BCUT2D eigenvalue weighted by Gasteiger charge is -2.19. The Morgan fingerprint density at radius 3 is 2.32 bits per heavy atom. The molecule has 0 atom stereocenters. The Labute approximate surface area is 129 Å². The first-order valence-electron chi connectivity index (χ1n) is 6.75. The summed E-state index contributed by atoms with van der Waals surface area (Å²) < 4.78 is 0. The SMILES string of the molecule is NC1(N)C=CC=CC1.O=CNc1ccccc1.c1cn[nH]c1. The summed E-state index contributed by atoms with van der Waals surface area (Å²) in [6.07, 6.45) is 12.4. The summed E-state index contributed by atoms with van der Waals surface area (Å²) in [6.45, 7) is 0. The Morgan fingerprint density at radius 2 is 1.95 bits per heavy atom. The van der Waals surface area contributed by atoms with Crippen LogP contribution in [0.4, 0.5) is 5.69 Å². The van der Waals surface area contributed by atoms with Gasteiger partial charge in [-0.25, -0.2) is 0 Å². The van der Waals surface area contributed by atoms with Gasteiger partial charge in [0.15, 0.2) is 0 Å². The molecule has 0 fully saturated rings. The normalized spacial score (nSPS) is 13.9. The van der Waals surface area contributed by atoms with Crippen LogP contribution in [0.2, 0.25) is 0 Å². The van der Waals surface area contributed by atoms with Crippen LogP contribution >= 0.6 is 0 Å². The molecule has 6 nitrogen and oxygen atoms in total. The van der Waals surface area contributed by atoms with Crippen LogP contribution < -0.4 is 16.8 Å². The first kappa shape index (κ1) is 17.4. The Hall–Kier alpha value is -2.70. The van der Waals surface area contributed by atoms with Crippen molar-refractivity contribution in [2.75, 3.05) is 5.32 Å². The molecule has 6 N–H and O–H groups in total. The van der Waals surface area contributed by atoms with Gasteiger partial charge in [0.1, 0.15) is 0 Å². The fourth-order valence-electron chi connectivity index (χ4n) is 1.47. The summed E-state index contributed by atoms with van der Waals surface area (Å²) in [5.41, 5.74) is 11.3. The molecule has 1 aliphatic carbocycles. The summed E-state index contributed by atoms with van der Waals surface area (Å²) in [4.78, 5) is 9.86. The number of H-pyrrole nitrogens is 1. The summed E-state index contributed by atoms with van der Waals surface area (Å²) in [6, 6.07) is 11.1. The molecule has 3 rings (SSSR count). The molecular weight excluding hydrogens is 278 g/mol. The Kier molecular flexibility index (Phi) is 7.96. The van der Waals surface area contributed by atoms with Gasteiger partial charge in [-0.3, -0.25) is 9.89 Å². The average molecular weight is 299 g/mol. The van der Waals surface area contributed by atoms with E-state index in [-0.39, 0.29) is 0 Å². The number of nitrogens with one attached hydrogen (secondary N) is 2. The molecular formula is C16H21N5O. The predicted molar refractivity (Wildman–Crippen MR) is 88.7 cm³/mol. The third-order valence-corrected chi connectivity index (χ3v) is 2.53. The lowest BCUT2D eigenvalue weighted by molar-refractivity contribution is -0.105. The molecule has 0 saturated carbocycles. The maximum Gasteiger partial charge on any atom is 0.211 e. The van der Waals surface area contributed by atoms with Crippen molar-refractivity contribution in [1.82, 2.24) is 10.2 Å². The van der Waals surface area contributed by atoms with Gasteiger partial charge in [-0.05, 0) is 18.2 Å². The average Bonchev–Trinajstić information content (AvgIpc) is 3.09. The molecule has 0 bridgehead atoms. The third kappa shape index (κ3) is 8.47. The first-order chi connectivity index (χ1) is 10.6. The monoisotopic (exact) mass is 299 g/mol. The number of aromatic amines is 1. The van der Waals surface area contributed by atoms with Gasteiger partial charge in [-0.15, -0.1) is 0 Å². The Bertz CT molecular complexity index is 544. The van der Waals surface area contributed by atoms with Crippen LogP contribution in [0.25, 0.3) is 0 Å². The molecule has 0 unspecified atom stereocenters. The topological polar surface area (TPSA) is 110 Å². The molecule has 1 aromatic heterocycles. The van der Waals surface area contributed by atoms with E-state index in [0.29, 0.717) is 6.41 Å². The molecule has 2 aromatic rings. The number of nitrogens with two attached hydrogens (primary N) is 2. The Morgan fingerprint density at radius 1 is 1.18 bits per heavy atom. The number of nitrogens with zero attached hydrogens (tertiary/aromatic N) is 1. The van der Waals surface area contributed by atoms with Gasteiger partial charge >= 0.3 is 0 Å². The molecule has 22 heavy (non-hydrogen) atoms. The van der Waals surface area contributed by atoms with Crippen LogP contribution in [-0.4, -0.2) is 22.3 Å². The fourth-order valence-corrected chi connectivity index (χ4v) is 1.47. The van der Waals surface area contributed by atoms with Crippen molar-refractivity contribution in [3.8, 4) is 0 Å². The second-order valence-corrected chi connectivity index (χ2v) is 4.50. The smallest absolute Gasteiger partial charge is 0.211 e. The third-order valence-electron chi connectivity index (χ3n) is 2.53. The van der Waals surface area contributed by atoms with Crippen molar-refractivity contribution in [1.29, 1.82) is 0 Å². The largest absolute Gasteiger partial charge is 0.329 e.